The molecule has 1 heterocycles. The van der Waals surface area contributed by atoms with Gasteiger partial charge < -0.3 is 15.0 Å². The number of nitrogens with zero attached hydrogens (tertiary/aromatic N) is 1. The highest BCUT2D eigenvalue weighted by Crippen LogP contribution is 2.14. The van der Waals surface area contributed by atoms with Gasteiger partial charge in [-0.2, -0.15) is 0 Å². The molecule has 0 spiro atoms. The van der Waals surface area contributed by atoms with E-state index in [1.165, 1.54) is 18.4 Å². The van der Waals surface area contributed by atoms with Crippen molar-refractivity contribution in [1.82, 2.24) is 10.2 Å². The Labute approximate surface area is 139 Å². The van der Waals surface area contributed by atoms with E-state index < -0.39 is 11.7 Å². The molecule has 5 heteroatoms. The smallest absolute Gasteiger partial charge is 0.412 e. The molecule has 0 atom stereocenters. The van der Waals surface area contributed by atoms with E-state index in [4.69, 9.17) is 4.74 Å². The van der Waals surface area contributed by atoms with Gasteiger partial charge in [-0.25, -0.2) is 4.79 Å². The van der Waals surface area contributed by atoms with Crippen LogP contribution in [0.25, 0.3) is 0 Å². The number of anilines is 1. The number of amides is 1. The Kier molecular flexibility index (Phi) is 6.02. The van der Waals surface area contributed by atoms with Gasteiger partial charge in [0.15, 0.2) is 0 Å². The largest absolute Gasteiger partial charge is 0.444 e. The summed E-state index contributed by atoms with van der Waals surface area (Å²) in [5.41, 5.74) is 1.49. The van der Waals surface area contributed by atoms with Gasteiger partial charge in [-0.3, -0.25) is 5.32 Å². The molecule has 5 nitrogen and oxygen atoms in total. The van der Waals surface area contributed by atoms with Gasteiger partial charge in [-0.05, 0) is 71.4 Å². The Morgan fingerprint density at radius 3 is 2.39 bits per heavy atom. The average Bonchev–Trinajstić information content (AvgIpc) is 2.46. The number of carbonyl (C=O) groups is 1. The van der Waals surface area contributed by atoms with Crippen molar-refractivity contribution in [2.45, 2.75) is 51.8 Å². The quantitative estimate of drug-likeness (QED) is 0.895. The van der Waals surface area contributed by atoms with Crippen LogP contribution in [-0.2, 0) is 11.3 Å². The molecule has 0 radical (unpaired) electrons. The van der Waals surface area contributed by atoms with Crippen LogP contribution in [-0.4, -0.2) is 42.8 Å². The molecule has 1 aliphatic rings. The van der Waals surface area contributed by atoms with Gasteiger partial charge in [-0.15, -0.1) is 0 Å². The van der Waals surface area contributed by atoms with Crippen LogP contribution in [0.3, 0.4) is 0 Å². The Morgan fingerprint density at radius 1 is 1.22 bits per heavy atom. The van der Waals surface area contributed by atoms with Crippen LogP contribution in [0, 0.1) is 0 Å². The molecule has 2 rings (SSSR count). The van der Waals surface area contributed by atoms with Crippen LogP contribution >= 0.6 is 0 Å². The van der Waals surface area contributed by atoms with E-state index >= 15 is 0 Å². The monoisotopic (exact) mass is 319 g/mol. The zero-order chi connectivity index (χ0) is 16.9. The number of benzene rings is 1. The minimum atomic E-state index is -0.484. The highest BCUT2D eigenvalue weighted by molar-refractivity contribution is 5.84. The van der Waals surface area contributed by atoms with Crippen molar-refractivity contribution in [2.24, 2.45) is 0 Å². The van der Waals surface area contributed by atoms with Crippen LogP contribution in [0.4, 0.5) is 10.5 Å². The van der Waals surface area contributed by atoms with Crippen molar-refractivity contribution >= 4 is 11.8 Å². The predicted octanol–water partition coefficient (Wildman–Crippen LogP) is 3.22. The number of likely N-dealkylation sites (tertiary alicyclic amines) is 1. The van der Waals surface area contributed by atoms with E-state index in [0.29, 0.717) is 6.04 Å². The maximum Gasteiger partial charge on any atom is 0.412 e. The summed E-state index contributed by atoms with van der Waals surface area (Å²) >= 11 is 0. The van der Waals surface area contributed by atoms with Gasteiger partial charge in [0.05, 0.1) is 0 Å². The standard InChI is InChI=1S/C18H29N3O2/c1-18(2,3)23-17(22)20-16-7-5-14(6-8-16)13-19-15-9-11-21(4)12-10-15/h5-8,15,19H,9-13H2,1-4H3,(H,20,22). The second-order valence-electron chi connectivity index (χ2n) is 7.28. The molecule has 1 aliphatic heterocycles. The van der Waals surface area contributed by atoms with Gasteiger partial charge in [0.25, 0.3) is 0 Å². The number of hydrogen-bond donors (Lipinski definition) is 2. The lowest BCUT2D eigenvalue weighted by Crippen LogP contribution is -2.40. The van der Waals surface area contributed by atoms with Crippen LogP contribution in [0.5, 0.6) is 0 Å². The highest BCUT2D eigenvalue weighted by Gasteiger charge is 2.17. The second-order valence-corrected chi connectivity index (χ2v) is 7.28. The van der Waals surface area contributed by atoms with Crippen LogP contribution in [0.15, 0.2) is 24.3 Å². The molecule has 1 aromatic rings. The number of hydrogen-bond acceptors (Lipinski definition) is 4. The summed E-state index contributed by atoms with van der Waals surface area (Å²) in [5.74, 6) is 0. The maximum atomic E-state index is 11.7. The molecule has 0 unspecified atom stereocenters. The number of ether oxygens (including phenoxy) is 1. The molecule has 0 bridgehead atoms. The maximum absolute atomic E-state index is 11.7. The fraction of sp³-hybridized carbons (Fsp3) is 0.611. The van der Waals surface area contributed by atoms with Gasteiger partial charge in [0, 0.05) is 18.3 Å². The van der Waals surface area contributed by atoms with Gasteiger partial charge in [-0.1, -0.05) is 12.1 Å². The fourth-order valence-electron chi connectivity index (χ4n) is 2.60. The van der Waals surface area contributed by atoms with Crippen molar-refractivity contribution in [1.29, 1.82) is 0 Å². The first-order valence-electron chi connectivity index (χ1n) is 8.33. The average molecular weight is 319 g/mol. The SMILES string of the molecule is CN1CCC(NCc2ccc(NC(=O)OC(C)(C)C)cc2)CC1. The summed E-state index contributed by atoms with van der Waals surface area (Å²) < 4.78 is 5.24. The van der Waals surface area contributed by atoms with Crippen LogP contribution in [0.1, 0.15) is 39.2 Å². The summed E-state index contributed by atoms with van der Waals surface area (Å²) in [7, 11) is 2.17. The Hall–Kier alpha value is -1.59. The molecule has 2 N–H and O–H groups in total. The second kappa shape index (κ2) is 7.79. The summed E-state index contributed by atoms with van der Waals surface area (Å²) in [5, 5.41) is 6.36. The van der Waals surface area contributed by atoms with Gasteiger partial charge in [0.2, 0.25) is 0 Å². The molecule has 23 heavy (non-hydrogen) atoms. The molecule has 1 aromatic carbocycles. The first kappa shape index (κ1) is 17.8. The van der Waals surface area contributed by atoms with Gasteiger partial charge >= 0.3 is 6.09 Å². The Bertz CT molecular complexity index is 500. The molecule has 1 fully saturated rings. The molecular weight excluding hydrogens is 290 g/mol. The minimum Gasteiger partial charge on any atom is -0.444 e. The minimum absolute atomic E-state index is 0.422. The molecule has 1 amide bonds. The number of carbonyl (C=O) groups excluding carboxylic acids is 1. The predicted molar refractivity (Wildman–Crippen MR) is 93.7 cm³/mol. The van der Waals surface area contributed by atoms with E-state index in [1.54, 1.807) is 0 Å². The van der Waals surface area contributed by atoms with E-state index in [1.807, 2.05) is 45.0 Å². The normalized spacial score (nSPS) is 17.0. The number of rotatable bonds is 4. The molecule has 0 aliphatic carbocycles. The van der Waals surface area contributed by atoms with E-state index in [9.17, 15) is 4.79 Å². The molecule has 0 aromatic heterocycles. The third kappa shape index (κ3) is 6.59. The topological polar surface area (TPSA) is 53.6 Å². The van der Waals surface area contributed by atoms with Crippen molar-refractivity contribution < 1.29 is 9.53 Å². The molecule has 1 saturated heterocycles. The van der Waals surface area contributed by atoms with Crippen LogP contribution in [0.2, 0.25) is 0 Å². The van der Waals surface area contributed by atoms with Crippen molar-refractivity contribution in [3.8, 4) is 0 Å². The molecule has 0 saturated carbocycles. The first-order valence-corrected chi connectivity index (χ1v) is 8.33. The van der Waals surface area contributed by atoms with E-state index in [0.717, 1.165) is 25.3 Å². The summed E-state index contributed by atoms with van der Waals surface area (Å²) in [6, 6.07) is 8.50. The Balaban J connectivity index is 1.77. The number of nitrogens with one attached hydrogen (secondary N) is 2. The molecular formula is C18H29N3O2. The number of piperidine rings is 1. The Morgan fingerprint density at radius 2 is 1.83 bits per heavy atom. The van der Waals surface area contributed by atoms with Gasteiger partial charge in [0.1, 0.15) is 5.60 Å². The van der Waals surface area contributed by atoms with Crippen molar-refractivity contribution in [3.63, 3.8) is 0 Å². The summed E-state index contributed by atoms with van der Waals surface area (Å²) in [4.78, 5) is 14.1. The molecule has 128 valence electrons. The lowest BCUT2D eigenvalue weighted by Gasteiger charge is -2.29. The fourth-order valence-corrected chi connectivity index (χ4v) is 2.60. The van der Waals surface area contributed by atoms with Crippen LogP contribution < -0.4 is 10.6 Å². The third-order valence-electron chi connectivity index (χ3n) is 3.91. The lowest BCUT2D eigenvalue weighted by atomic mass is 10.1. The summed E-state index contributed by atoms with van der Waals surface area (Å²) in [6.07, 6.45) is 1.98. The summed E-state index contributed by atoms with van der Waals surface area (Å²) in [6.45, 7) is 8.74. The zero-order valence-electron chi connectivity index (χ0n) is 14.7. The lowest BCUT2D eigenvalue weighted by molar-refractivity contribution is 0.0636. The van der Waals surface area contributed by atoms with E-state index in [2.05, 4.69) is 22.6 Å². The zero-order valence-corrected chi connectivity index (χ0v) is 14.7. The van der Waals surface area contributed by atoms with E-state index in [-0.39, 0.29) is 0 Å². The van der Waals surface area contributed by atoms with Crippen molar-refractivity contribution in [2.75, 3.05) is 25.5 Å². The van der Waals surface area contributed by atoms with Crippen molar-refractivity contribution in [3.05, 3.63) is 29.8 Å². The third-order valence-corrected chi connectivity index (χ3v) is 3.91. The first-order chi connectivity index (χ1) is 10.8. The highest BCUT2D eigenvalue weighted by atomic mass is 16.6.